The third-order valence-corrected chi connectivity index (χ3v) is 2.25. The molecule has 72 valence electrons. The van der Waals surface area contributed by atoms with Crippen molar-refractivity contribution in [3.63, 3.8) is 0 Å². The zero-order valence-corrected chi connectivity index (χ0v) is 7.49. The van der Waals surface area contributed by atoms with E-state index in [1.54, 1.807) is 18.2 Å². The summed E-state index contributed by atoms with van der Waals surface area (Å²) in [6, 6.07) is 4.81. The van der Waals surface area contributed by atoms with E-state index in [2.05, 4.69) is 0 Å². The normalized spacial score (nSPS) is 15.7. The van der Waals surface area contributed by atoms with Gasteiger partial charge in [0.1, 0.15) is 0 Å². The van der Waals surface area contributed by atoms with E-state index in [1.165, 1.54) is 0 Å². The topological polar surface area (TPSA) is 63.4 Å². The van der Waals surface area contributed by atoms with Crippen LogP contribution in [-0.2, 0) is 0 Å². The molecule has 1 aliphatic heterocycles. The number of nitrogens with two attached hydrogens (primary N) is 1. The van der Waals surface area contributed by atoms with Crippen molar-refractivity contribution in [1.29, 1.82) is 0 Å². The predicted octanol–water partition coefficient (Wildman–Crippen LogP) is 0.885. The molecule has 4 heteroatoms. The fourth-order valence-electron chi connectivity index (χ4n) is 1.56. The number of rotatable bonds is 1. The smallest absolute Gasteiger partial charge is 0.263 e. The number of nitrogen functional groups attached to an aromatic ring is 1. The average molecular weight is 191 g/mol. The largest absolute Gasteiger partial charge is 0.398 e. The lowest BCUT2D eigenvalue weighted by Crippen LogP contribution is -2.29. The van der Waals surface area contributed by atoms with E-state index in [0.29, 0.717) is 11.3 Å². The molecule has 0 radical (unpaired) electrons. The van der Waals surface area contributed by atoms with Gasteiger partial charge in [-0.3, -0.25) is 14.5 Å². The molecule has 0 bridgehead atoms. The Morgan fingerprint density at radius 2 is 2.21 bits per heavy atom. The zero-order valence-electron chi connectivity index (χ0n) is 8.49. The van der Waals surface area contributed by atoms with Gasteiger partial charge in [0.25, 0.3) is 11.8 Å². The summed E-state index contributed by atoms with van der Waals surface area (Å²) in [6.07, 6.45) is 0. The van der Waals surface area contributed by atoms with Crippen LogP contribution in [-0.4, -0.2) is 23.3 Å². The number of amides is 2. The second-order valence-electron chi connectivity index (χ2n) is 3.03. The Bertz CT molecular complexity index is 445. The molecule has 2 rings (SSSR count). The van der Waals surface area contributed by atoms with Crippen molar-refractivity contribution in [2.75, 3.05) is 12.3 Å². The lowest BCUT2D eigenvalue weighted by molar-refractivity contribution is 0.0663. The van der Waals surface area contributed by atoms with Crippen LogP contribution in [0.3, 0.4) is 0 Å². The Kier molecular flexibility index (Phi) is 1.53. The molecule has 0 spiro atoms. The van der Waals surface area contributed by atoms with Gasteiger partial charge in [0.05, 0.1) is 11.1 Å². The number of benzene rings is 1. The average Bonchev–Trinajstić information content (AvgIpc) is 2.45. The SMILES string of the molecule is [2H]CCN1C(=O)c2cccc(N)c2C1=O. The van der Waals surface area contributed by atoms with Gasteiger partial charge in [0, 0.05) is 13.6 Å². The standard InChI is InChI=1S/C10H10N2O2/c1-2-12-9(13)6-4-3-5-7(11)8(6)10(12)14/h3-5H,2,11H2,1H3/i1D. The summed E-state index contributed by atoms with van der Waals surface area (Å²) in [4.78, 5) is 24.5. The molecule has 1 aliphatic rings. The minimum Gasteiger partial charge on any atom is -0.398 e. The molecule has 0 aromatic heterocycles. The first kappa shape index (κ1) is 7.55. The minimum atomic E-state index is -0.389. The Balaban J connectivity index is 2.51. The van der Waals surface area contributed by atoms with Crippen molar-refractivity contribution >= 4 is 17.5 Å². The van der Waals surface area contributed by atoms with Crippen LogP contribution in [0.2, 0.25) is 0 Å². The molecule has 1 aromatic rings. The highest BCUT2D eigenvalue weighted by atomic mass is 16.2. The first-order chi connectivity index (χ1) is 7.16. The van der Waals surface area contributed by atoms with Crippen molar-refractivity contribution in [2.45, 2.75) is 6.90 Å². The van der Waals surface area contributed by atoms with Crippen LogP contribution >= 0.6 is 0 Å². The van der Waals surface area contributed by atoms with E-state index in [0.717, 1.165) is 4.90 Å². The number of nitrogens with zero attached hydrogens (tertiary/aromatic N) is 1. The van der Waals surface area contributed by atoms with Crippen LogP contribution < -0.4 is 5.73 Å². The highest BCUT2D eigenvalue weighted by Crippen LogP contribution is 2.26. The minimum absolute atomic E-state index is 0.00533. The summed E-state index contributed by atoms with van der Waals surface area (Å²) in [5, 5.41) is 0. The summed E-state index contributed by atoms with van der Waals surface area (Å²) in [5.74, 6) is -0.741. The van der Waals surface area contributed by atoms with E-state index in [-0.39, 0.29) is 30.8 Å². The molecule has 2 amide bonds. The van der Waals surface area contributed by atoms with Gasteiger partial charge < -0.3 is 5.73 Å². The zero-order chi connectivity index (χ0) is 11.0. The van der Waals surface area contributed by atoms with Gasteiger partial charge in [-0.05, 0) is 19.0 Å². The Morgan fingerprint density at radius 3 is 2.86 bits per heavy atom. The van der Waals surface area contributed by atoms with Gasteiger partial charge in [0.15, 0.2) is 0 Å². The third kappa shape index (κ3) is 0.937. The molecule has 2 N–H and O–H groups in total. The van der Waals surface area contributed by atoms with Crippen LogP contribution in [0.5, 0.6) is 0 Å². The van der Waals surface area contributed by atoms with Gasteiger partial charge in [-0.25, -0.2) is 0 Å². The Morgan fingerprint density at radius 1 is 1.43 bits per heavy atom. The van der Waals surface area contributed by atoms with Gasteiger partial charge in [0.2, 0.25) is 0 Å². The summed E-state index contributed by atoms with van der Waals surface area (Å²) < 4.78 is 7.03. The third-order valence-electron chi connectivity index (χ3n) is 2.25. The molecule has 1 aromatic carbocycles. The van der Waals surface area contributed by atoms with Crippen molar-refractivity contribution in [1.82, 2.24) is 4.90 Å². The Hall–Kier alpha value is -1.84. The molecule has 1 heterocycles. The maximum absolute atomic E-state index is 11.8. The van der Waals surface area contributed by atoms with Crippen molar-refractivity contribution in [3.8, 4) is 0 Å². The predicted molar refractivity (Wildman–Crippen MR) is 51.9 cm³/mol. The van der Waals surface area contributed by atoms with Crippen LogP contribution in [0.1, 0.15) is 29.0 Å². The second-order valence-corrected chi connectivity index (χ2v) is 3.03. The number of hydrogen-bond acceptors (Lipinski definition) is 3. The van der Waals surface area contributed by atoms with Crippen LogP contribution in [0, 0.1) is 0 Å². The number of hydrogen-bond donors (Lipinski definition) is 1. The maximum atomic E-state index is 11.8. The highest BCUT2D eigenvalue weighted by molar-refractivity contribution is 6.23. The number of fused-ring (bicyclic) bond motifs is 1. The highest BCUT2D eigenvalue weighted by Gasteiger charge is 2.35. The quantitative estimate of drug-likeness (QED) is 0.529. The lowest BCUT2D eigenvalue weighted by Gasteiger charge is -2.08. The summed E-state index contributed by atoms with van der Waals surface area (Å²) in [7, 11) is 0. The number of anilines is 1. The molecule has 0 fully saturated rings. The van der Waals surface area contributed by atoms with Gasteiger partial charge in [-0.1, -0.05) is 6.07 Å². The molecule has 4 nitrogen and oxygen atoms in total. The van der Waals surface area contributed by atoms with E-state index < -0.39 is 0 Å². The lowest BCUT2D eigenvalue weighted by atomic mass is 10.1. The molecule has 0 saturated heterocycles. The van der Waals surface area contributed by atoms with E-state index in [9.17, 15) is 9.59 Å². The molecule has 14 heavy (non-hydrogen) atoms. The number of carbonyl (C=O) groups is 2. The van der Waals surface area contributed by atoms with Crippen LogP contribution in [0.15, 0.2) is 18.2 Å². The Labute approximate surface area is 82.7 Å². The number of carbonyl (C=O) groups excluding carboxylic acids is 2. The van der Waals surface area contributed by atoms with Crippen molar-refractivity contribution < 1.29 is 11.0 Å². The van der Waals surface area contributed by atoms with Crippen LogP contribution in [0.4, 0.5) is 5.69 Å². The first-order valence-electron chi connectivity index (χ1n) is 4.91. The van der Waals surface area contributed by atoms with Crippen LogP contribution in [0.25, 0.3) is 0 Å². The fourth-order valence-corrected chi connectivity index (χ4v) is 1.56. The van der Waals surface area contributed by atoms with E-state index in [4.69, 9.17) is 7.10 Å². The molecule has 0 aliphatic carbocycles. The van der Waals surface area contributed by atoms with Crippen molar-refractivity contribution in [3.05, 3.63) is 29.3 Å². The van der Waals surface area contributed by atoms with E-state index >= 15 is 0 Å². The van der Waals surface area contributed by atoms with E-state index in [1.807, 2.05) is 0 Å². The number of imide groups is 1. The van der Waals surface area contributed by atoms with Crippen molar-refractivity contribution in [2.24, 2.45) is 0 Å². The molecule has 0 unspecified atom stereocenters. The van der Waals surface area contributed by atoms with Gasteiger partial charge in [-0.15, -0.1) is 0 Å². The van der Waals surface area contributed by atoms with Gasteiger partial charge >= 0.3 is 0 Å². The summed E-state index contributed by atoms with van der Waals surface area (Å²) in [6.45, 7) is 0.122. The molecule has 0 saturated carbocycles. The molecule has 0 atom stereocenters. The fraction of sp³-hybridized carbons (Fsp3) is 0.200. The summed E-state index contributed by atoms with van der Waals surface area (Å²) >= 11 is 0. The first-order valence-corrected chi connectivity index (χ1v) is 4.20. The van der Waals surface area contributed by atoms with Gasteiger partial charge in [-0.2, -0.15) is 0 Å². The molecular formula is C10H10N2O2. The monoisotopic (exact) mass is 191 g/mol. The second kappa shape index (κ2) is 2.83. The molecular weight excluding hydrogens is 180 g/mol. The summed E-state index contributed by atoms with van der Waals surface area (Å²) in [5.41, 5.74) is 6.57. The maximum Gasteiger partial charge on any atom is 0.263 e.